The Morgan fingerprint density at radius 1 is 1.33 bits per heavy atom. The molecule has 8 heteroatoms. The number of halogens is 4. The Morgan fingerprint density at radius 3 is 2.48 bits per heavy atom. The van der Waals surface area contributed by atoms with Crippen LogP contribution in [-0.2, 0) is 21.6 Å². The van der Waals surface area contributed by atoms with E-state index in [1.165, 1.54) is 0 Å². The lowest BCUT2D eigenvalue weighted by molar-refractivity contribution is -0.140. The summed E-state index contributed by atoms with van der Waals surface area (Å²) in [5, 5.41) is 9.39. The van der Waals surface area contributed by atoms with Gasteiger partial charge in [0.05, 0.1) is 10.8 Å². The number of hydrogen-bond donors (Lipinski definition) is 1. The second-order valence-corrected chi connectivity index (χ2v) is 7.56. The summed E-state index contributed by atoms with van der Waals surface area (Å²) in [6, 6.07) is 2.11. The van der Waals surface area contributed by atoms with Crippen LogP contribution in [0.25, 0.3) is 0 Å². The first-order valence-corrected chi connectivity index (χ1v) is 8.20. The first kappa shape index (κ1) is 16.2. The predicted molar refractivity (Wildman–Crippen MR) is 67.8 cm³/mol. The van der Waals surface area contributed by atoms with Crippen LogP contribution in [0.2, 0.25) is 0 Å². The molecule has 0 aliphatic heterocycles. The van der Waals surface area contributed by atoms with Crippen LogP contribution >= 0.6 is 0 Å². The minimum atomic E-state index is -4.91. The monoisotopic (exact) mass is 326 g/mol. The fourth-order valence-electron chi connectivity index (χ4n) is 2.87. The Labute approximate surface area is 119 Å². The van der Waals surface area contributed by atoms with Crippen molar-refractivity contribution in [3.8, 4) is 0 Å². The summed E-state index contributed by atoms with van der Waals surface area (Å²) in [4.78, 5) is 0. The maximum Gasteiger partial charge on any atom is 0.419 e. The van der Waals surface area contributed by atoms with E-state index in [1.807, 2.05) is 0 Å². The van der Waals surface area contributed by atoms with Crippen LogP contribution in [-0.4, -0.2) is 25.0 Å². The predicted octanol–water partition coefficient (Wildman–Crippen LogP) is 2.63. The van der Waals surface area contributed by atoms with Gasteiger partial charge >= 0.3 is 6.18 Å². The molecule has 0 radical (unpaired) electrons. The normalized spacial score (nSPS) is 27.0. The van der Waals surface area contributed by atoms with Crippen molar-refractivity contribution in [3.63, 3.8) is 0 Å². The van der Waals surface area contributed by atoms with Gasteiger partial charge in [0.2, 0.25) is 0 Å². The van der Waals surface area contributed by atoms with Crippen molar-refractivity contribution in [2.45, 2.75) is 36.3 Å². The van der Waals surface area contributed by atoms with Crippen LogP contribution in [0.4, 0.5) is 17.6 Å². The number of rotatable bonds is 2. The lowest BCUT2D eigenvalue weighted by Crippen LogP contribution is -2.39. The van der Waals surface area contributed by atoms with Crippen molar-refractivity contribution in [3.05, 3.63) is 35.1 Å². The van der Waals surface area contributed by atoms with Crippen LogP contribution in [0, 0.1) is 5.82 Å². The highest BCUT2D eigenvalue weighted by Gasteiger charge is 2.49. The molecule has 1 aromatic carbocycles. The van der Waals surface area contributed by atoms with Gasteiger partial charge in [-0.1, -0.05) is 6.07 Å². The molecule has 0 spiro atoms. The summed E-state index contributed by atoms with van der Waals surface area (Å²) >= 11 is 0. The molecule has 1 N–H and O–H groups in total. The van der Waals surface area contributed by atoms with Gasteiger partial charge in [-0.05, 0) is 37.0 Å². The van der Waals surface area contributed by atoms with E-state index in [2.05, 4.69) is 0 Å². The molecule has 1 fully saturated rings. The average molecular weight is 326 g/mol. The zero-order valence-corrected chi connectivity index (χ0v) is 11.9. The van der Waals surface area contributed by atoms with Crippen molar-refractivity contribution in [2.24, 2.45) is 0 Å². The molecular formula is C13H14F4O3S. The van der Waals surface area contributed by atoms with Crippen molar-refractivity contribution >= 4 is 9.84 Å². The van der Waals surface area contributed by atoms with Crippen LogP contribution in [0.5, 0.6) is 0 Å². The third-order valence-corrected chi connectivity index (χ3v) is 5.50. The topological polar surface area (TPSA) is 54.4 Å². The first-order chi connectivity index (χ1) is 9.46. The molecule has 0 heterocycles. The van der Waals surface area contributed by atoms with E-state index >= 15 is 0 Å². The van der Waals surface area contributed by atoms with Gasteiger partial charge in [0.1, 0.15) is 11.4 Å². The Balaban J connectivity index is 2.56. The van der Waals surface area contributed by atoms with Gasteiger partial charge in [-0.15, -0.1) is 0 Å². The van der Waals surface area contributed by atoms with Gasteiger partial charge in [0.25, 0.3) is 0 Å². The van der Waals surface area contributed by atoms with Crippen LogP contribution in [0.3, 0.4) is 0 Å². The number of hydrogen-bond acceptors (Lipinski definition) is 3. The van der Waals surface area contributed by atoms with E-state index in [9.17, 15) is 31.1 Å². The number of aliphatic hydroxyl groups is 1. The van der Waals surface area contributed by atoms with Gasteiger partial charge in [0.15, 0.2) is 9.84 Å². The Kier molecular flexibility index (Phi) is 3.82. The maximum absolute atomic E-state index is 13.3. The summed E-state index contributed by atoms with van der Waals surface area (Å²) in [6.07, 6.45) is -3.42. The first-order valence-electron chi connectivity index (χ1n) is 6.25. The van der Waals surface area contributed by atoms with E-state index in [0.717, 1.165) is 12.3 Å². The van der Waals surface area contributed by atoms with Crippen molar-refractivity contribution in [2.75, 3.05) is 6.26 Å². The summed E-state index contributed by atoms with van der Waals surface area (Å²) in [5.41, 5.74) is -3.64. The van der Waals surface area contributed by atoms with Crippen molar-refractivity contribution in [1.82, 2.24) is 0 Å². The van der Waals surface area contributed by atoms with E-state index < -0.39 is 38.2 Å². The standard InChI is InChI=1S/C13H14F4O3S/c1-21(19,20)11-3-2-6-12(11,18)8-4-5-10(14)9(7-8)13(15,16)17/h4-5,7,11,18H,2-3,6H2,1H3. The molecule has 118 valence electrons. The summed E-state index contributed by atoms with van der Waals surface area (Å²) < 4.78 is 74.9. The van der Waals surface area contributed by atoms with E-state index in [-0.39, 0.29) is 18.4 Å². The van der Waals surface area contributed by atoms with E-state index in [4.69, 9.17) is 0 Å². The van der Waals surface area contributed by atoms with Gasteiger partial charge in [-0.3, -0.25) is 0 Å². The Bertz CT molecular complexity index is 654. The molecule has 1 saturated carbocycles. The smallest absolute Gasteiger partial charge is 0.384 e. The lowest BCUT2D eigenvalue weighted by Gasteiger charge is -2.30. The zero-order chi connectivity index (χ0) is 16.1. The van der Waals surface area contributed by atoms with Crippen molar-refractivity contribution in [1.29, 1.82) is 0 Å². The summed E-state index contributed by atoms with van der Waals surface area (Å²) in [7, 11) is -3.64. The molecule has 1 aliphatic rings. The fraction of sp³-hybridized carbons (Fsp3) is 0.538. The maximum atomic E-state index is 13.3. The number of benzene rings is 1. The largest absolute Gasteiger partial charge is 0.419 e. The minimum Gasteiger partial charge on any atom is -0.384 e. The molecule has 1 aliphatic carbocycles. The van der Waals surface area contributed by atoms with Crippen LogP contribution < -0.4 is 0 Å². The fourth-order valence-corrected chi connectivity index (χ4v) is 4.42. The molecule has 0 bridgehead atoms. The summed E-state index contributed by atoms with van der Waals surface area (Å²) in [6.45, 7) is 0. The third kappa shape index (κ3) is 2.91. The quantitative estimate of drug-likeness (QED) is 0.850. The molecule has 0 amide bonds. The van der Waals surface area contributed by atoms with Crippen LogP contribution in [0.15, 0.2) is 18.2 Å². The highest BCUT2D eigenvalue weighted by atomic mass is 32.2. The molecule has 0 saturated heterocycles. The molecular weight excluding hydrogens is 312 g/mol. The highest BCUT2D eigenvalue weighted by molar-refractivity contribution is 7.91. The minimum absolute atomic E-state index is 0.0215. The van der Waals surface area contributed by atoms with Crippen molar-refractivity contribution < 1.29 is 31.1 Å². The molecule has 3 nitrogen and oxygen atoms in total. The summed E-state index contributed by atoms with van der Waals surface area (Å²) in [5.74, 6) is -1.45. The van der Waals surface area contributed by atoms with Gasteiger partial charge in [0, 0.05) is 6.26 Å². The lowest BCUT2D eigenvalue weighted by atomic mass is 9.90. The van der Waals surface area contributed by atoms with Crippen LogP contribution in [0.1, 0.15) is 30.4 Å². The number of alkyl halides is 3. The van der Waals surface area contributed by atoms with E-state index in [0.29, 0.717) is 18.6 Å². The van der Waals surface area contributed by atoms with Gasteiger partial charge < -0.3 is 5.11 Å². The molecule has 2 rings (SSSR count). The number of sulfone groups is 1. The molecule has 21 heavy (non-hydrogen) atoms. The average Bonchev–Trinajstić information content (AvgIpc) is 2.71. The molecule has 1 aromatic rings. The second kappa shape index (κ2) is 4.95. The third-order valence-electron chi connectivity index (χ3n) is 3.85. The molecule has 2 atom stereocenters. The zero-order valence-electron chi connectivity index (χ0n) is 11.1. The SMILES string of the molecule is CS(=O)(=O)C1CCCC1(O)c1ccc(F)c(C(F)(F)F)c1. The Morgan fingerprint density at radius 2 is 1.95 bits per heavy atom. The van der Waals surface area contributed by atoms with E-state index in [1.54, 1.807) is 0 Å². The Hall–Kier alpha value is -1.15. The van der Waals surface area contributed by atoms with Gasteiger partial charge in [-0.2, -0.15) is 13.2 Å². The van der Waals surface area contributed by atoms with Gasteiger partial charge in [-0.25, -0.2) is 12.8 Å². The second-order valence-electron chi connectivity index (χ2n) is 5.33. The molecule has 0 aromatic heterocycles. The molecule has 2 unspecified atom stereocenters. The highest BCUT2D eigenvalue weighted by Crippen LogP contribution is 2.44.